The number of alkyl halides is 2. The van der Waals surface area contributed by atoms with Crippen molar-refractivity contribution in [1.82, 2.24) is 29.2 Å². The summed E-state index contributed by atoms with van der Waals surface area (Å²) in [5.74, 6) is -0.140. The third kappa shape index (κ3) is 5.58. The molecule has 5 rings (SSSR count). The van der Waals surface area contributed by atoms with Gasteiger partial charge in [0.2, 0.25) is 10.0 Å². The number of imidazole rings is 1. The summed E-state index contributed by atoms with van der Waals surface area (Å²) in [5, 5.41) is 17.9. The molecule has 1 aliphatic rings. The number of benzene rings is 1. The van der Waals surface area contributed by atoms with Gasteiger partial charge in [-0.3, -0.25) is 4.40 Å². The van der Waals surface area contributed by atoms with Crippen LogP contribution in [0.4, 0.5) is 8.78 Å². The van der Waals surface area contributed by atoms with Gasteiger partial charge in [-0.15, -0.1) is 10.2 Å². The van der Waals surface area contributed by atoms with Crippen LogP contribution in [0.2, 0.25) is 0 Å². The van der Waals surface area contributed by atoms with Crippen LogP contribution in [-0.4, -0.2) is 74.1 Å². The van der Waals surface area contributed by atoms with E-state index in [0.717, 1.165) is 0 Å². The monoisotopic (exact) mass is 611 g/mol. The standard InChI is InChI=1S/C24H27F2N7O4S3/c1-24(6-7-24)31-40(36,37)15-10-17(16-5-4-14(11-19(16)34)39(27,35)9-8-32(2)3)18-12-28-21(33(18)13-15)23-30-29-22(38-23)20(25)26/h4-5,10-13,20,27,31,34H,6-9H2,1-3H3. The van der Waals surface area contributed by atoms with Crippen molar-refractivity contribution in [2.24, 2.45) is 0 Å². The van der Waals surface area contributed by atoms with Gasteiger partial charge in [0, 0.05) is 35.2 Å². The van der Waals surface area contributed by atoms with Crippen LogP contribution < -0.4 is 4.72 Å². The highest BCUT2D eigenvalue weighted by atomic mass is 32.2. The summed E-state index contributed by atoms with van der Waals surface area (Å²) in [6.45, 7) is 2.20. The van der Waals surface area contributed by atoms with Crippen molar-refractivity contribution >= 4 is 36.6 Å². The van der Waals surface area contributed by atoms with E-state index >= 15 is 0 Å². The molecule has 1 fully saturated rings. The minimum atomic E-state index is -4.04. The first-order valence-electron chi connectivity index (χ1n) is 12.1. The first-order valence-corrected chi connectivity index (χ1v) is 16.1. The van der Waals surface area contributed by atoms with E-state index in [0.29, 0.717) is 36.2 Å². The van der Waals surface area contributed by atoms with Crippen molar-refractivity contribution in [1.29, 1.82) is 4.78 Å². The lowest BCUT2D eigenvalue weighted by atomic mass is 10.0. The molecule has 1 atom stereocenters. The first-order chi connectivity index (χ1) is 18.7. The van der Waals surface area contributed by atoms with E-state index in [9.17, 15) is 26.5 Å². The van der Waals surface area contributed by atoms with Crippen molar-refractivity contribution < 1.29 is 26.5 Å². The topological polar surface area (TPSA) is 154 Å². The number of phenols is 1. The molecule has 0 spiro atoms. The largest absolute Gasteiger partial charge is 0.507 e. The van der Waals surface area contributed by atoms with E-state index in [-0.39, 0.29) is 43.3 Å². The number of sulfonamides is 1. The Labute approximate surface area is 233 Å². The summed E-state index contributed by atoms with van der Waals surface area (Å²) in [7, 11) is -3.63. The Morgan fingerprint density at radius 2 is 1.90 bits per heavy atom. The predicted molar refractivity (Wildman–Crippen MR) is 147 cm³/mol. The minimum Gasteiger partial charge on any atom is -0.507 e. The second kappa shape index (κ2) is 10.1. The fourth-order valence-corrected chi connectivity index (χ4v) is 7.68. The summed E-state index contributed by atoms with van der Waals surface area (Å²) in [4.78, 5) is 6.12. The van der Waals surface area contributed by atoms with Gasteiger partial charge in [-0.05, 0) is 58.1 Å². The molecule has 0 amide bonds. The summed E-state index contributed by atoms with van der Waals surface area (Å²) in [6.07, 6.45) is 1.27. The fraction of sp³-hybridized carbons (Fsp3) is 0.375. The molecule has 1 aliphatic carbocycles. The second-order valence-corrected chi connectivity index (χ2v) is 15.1. The molecule has 0 aliphatic heterocycles. The van der Waals surface area contributed by atoms with Gasteiger partial charge in [0.05, 0.1) is 31.2 Å². The molecule has 16 heteroatoms. The molecule has 3 aromatic heterocycles. The predicted octanol–water partition coefficient (Wildman–Crippen LogP) is 3.96. The van der Waals surface area contributed by atoms with Gasteiger partial charge in [0.15, 0.2) is 15.8 Å². The molecule has 3 heterocycles. The molecular formula is C24H27F2N7O4S3. The molecular weight excluding hydrogens is 585 g/mol. The van der Waals surface area contributed by atoms with Crippen LogP contribution in [-0.2, 0) is 19.8 Å². The van der Waals surface area contributed by atoms with E-state index in [1.54, 1.807) is 25.9 Å². The third-order valence-corrected chi connectivity index (χ3v) is 10.9. The zero-order valence-corrected chi connectivity index (χ0v) is 24.2. The quantitative estimate of drug-likeness (QED) is 0.244. The summed E-state index contributed by atoms with van der Waals surface area (Å²) >= 11 is 0.637. The molecule has 3 N–H and O–H groups in total. The number of hydrogen-bond donors (Lipinski definition) is 3. The summed E-state index contributed by atoms with van der Waals surface area (Å²) in [5.41, 5.74) is 0.280. The van der Waals surface area contributed by atoms with E-state index in [2.05, 4.69) is 19.9 Å². The molecule has 0 bridgehead atoms. The highest BCUT2D eigenvalue weighted by Crippen LogP contribution is 2.40. The van der Waals surface area contributed by atoms with Gasteiger partial charge < -0.3 is 10.0 Å². The van der Waals surface area contributed by atoms with Gasteiger partial charge >= 0.3 is 0 Å². The van der Waals surface area contributed by atoms with Crippen molar-refractivity contribution in [3.63, 3.8) is 0 Å². The van der Waals surface area contributed by atoms with E-state index in [4.69, 9.17) is 4.78 Å². The third-order valence-electron chi connectivity index (χ3n) is 6.59. The van der Waals surface area contributed by atoms with Gasteiger partial charge in [-0.25, -0.2) is 35.9 Å². The maximum absolute atomic E-state index is 13.4. The molecule has 40 heavy (non-hydrogen) atoms. The Bertz CT molecular complexity index is 1810. The second-order valence-electron chi connectivity index (χ2n) is 10.2. The van der Waals surface area contributed by atoms with Gasteiger partial charge in [0.1, 0.15) is 5.75 Å². The van der Waals surface area contributed by atoms with Crippen molar-refractivity contribution in [2.45, 2.75) is 41.5 Å². The fourth-order valence-electron chi connectivity index (χ4n) is 4.05. The number of phenolic OH excluding ortho intramolecular Hbond substituents is 1. The molecule has 0 saturated heterocycles. The molecule has 4 aromatic rings. The van der Waals surface area contributed by atoms with Crippen molar-refractivity contribution in [2.75, 3.05) is 26.4 Å². The number of hydrogen-bond acceptors (Lipinski definition) is 10. The Morgan fingerprint density at radius 3 is 2.50 bits per heavy atom. The normalized spacial score (nSPS) is 16.6. The van der Waals surface area contributed by atoms with Crippen molar-refractivity contribution in [3.8, 4) is 27.7 Å². The maximum Gasteiger partial charge on any atom is 0.291 e. The van der Waals surface area contributed by atoms with Gasteiger partial charge in [-0.1, -0.05) is 11.3 Å². The van der Waals surface area contributed by atoms with Gasteiger partial charge in [0.25, 0.3) is 6.43 Å². The van der Waals surface area contributed by atoms with Crippen LogP contribution in [0.1, 0.15) is 31.2 Å². The zero-order valence-electron chi connectivity index (χ0n) is 21.8. The number of pyridine rings is 1. The van der Waals surface area contributed by atoms with Crippen LogP contribution >= 0.6 is 11.3 Å². The summed E-state index contributed by atoms with van der Waals surface area (Å²) in [6, 6.07) is 5.58. The molecule has 1 saturated carbocycles. The lowest BCUT2D eigenvalue weighted by Gasteiger charge is -2.16. The molecule has 11 nitrogen and oxygen atoms in total. The number of nitrogens with zero attached hydrogens (tertiary/aromatic N) is 5. The van der Waals surface area contributed by atoms with E-state index < -0.39 is 36.7 Å². The molecule has 1 aromatic carbocycles. The lowest BCUT2D eigenvalue weighted by molar-refractivity contribution is 0.150. The average Bonchev–Trinajstić information content (AvgIpc) is 3.25. The number of nitrogens with one attached hydrogen (secondary N) is 2. The average molecular weight is 612 g/mol. The van der Waals surface area contributed by atoms with Crippen LogP contribution in [0, 0.1) is 4.78 Å². The number of rotatable bonds is 10. The maximum atomic E-state index is 13.4. The van der Waals surface area contributed by atoms with Crippen LogP contribution in [0.3, 0.4) is 0 Å². The smallest absolute Gasteiger partial charge is 0.291 e. The highest BCUT2D eigenvalue weighted by molar-refractivity contribution is 7.92. The number of fused-ring (bicyclic) bond motifs is 1. The SMILES string of the molecule is CN(C)CCS(=N)(=O)c1ccc(-c2cc(S(=O)(=O)NC3(C)CC3)cn3c(-c4nnc(C(F)F)s4)ncc23)c(O)c1. The Kier molecular flexibility index (Phi) is 7.19. The van der Waals surface area contributed by atoms with Crippen LogP contribution in [0.5, 0.6) is 5.75 Å². The lowest BCUT2D eigenvalue weighted by Crippen LogP contribution is -2.34. The molecule has 0 radical (unpaired) electrons. The number of halogens is 2. The Balaban J connectivity index is 1.67. The Morgan fingerprint density at radius 1 is 1.18 bits per heavy atom. The van der Waals surface area contributed by atoms with Gasteiger partial charge in [-0.2, -0.15) is 0 Å². The zero-order chi connectivity index (χ0) is 29.0. The number of aromatic hydroxyl groups is 1. The van der Waals surface area contributed by atoms with E-state index in [1.165, 1.54) is 41.1 Å². The first kappa shape index (κ1) is 28.5. The number of aromatic nitrogens is 4. The summed E-state index contributed by atoms with van der Waals surface area (Å²) < 4.78 is 78.5. The molecule has 1 unspecified atom stereocenters. The minimum absolute atomic E-state index is 0.0623. The van der Waals surface area contributed by atoms with Crippen LogP contribution in [0.15, 0.2) is 46.5 Å². The van der Waals surface area contributed by atoms with Crippen LogP contribution in [0.25, 0.3) is 27.5 Å². The Hall–Kier alpha value is -3.05. The van der Waals surface area contributed by atoms with Crippen molar-refractivity contribution in [3.05, 3.63) is 41.7 Å². The highest BCUT2D eigenvalue weighted by Gasteiger charge is 2.41. The van der Waals surface area contributed by atoms with E-state index in [1.807, 2.05) is 0 Å². The molecule has 214 valence electrons.